The van der Waals surface area contributed by atoms with Crippen LogP contribution in [0.1, 0.15) is 101 Å². The molecule has 0 spiro atoms. The molecular formula is C24H34FO2P. The Kier molecular flexibility index (Phi) is 7.89. The average Bonchev–Trinajstić information content (AvgIpc) is 2.61. The first-order valence-electron chi connectivity index (χ1n) is 10.2. The fourth-order valence-corrected chi connectivity index (χ4v) is 4.08. The third-order valence-corrected chi connectivity index (χ3v) is 5.62. The van der Waals surface area contributed by atoms with E-state index in [0.717, 1.165) is 22.3 Å². The van der Waals surface area contributed by atoms with Crippen LogP contribution in [0, 0.1) is 0 Å². The fourth-order valence-electron chi connectivity index (χ4n) is 3.34. The zero-order valence-corrected chi connectivity index (χ0v) is 19.3. The lowest BCUT2D eigenvalue weighted by atomic mass is 9.94. The molecule has 0 radical (unpaired) electrons. The quantitative estimate of drug-likeness (QED) is 0.409. The van der Waals surface area contributed by atoms with Crippen LogP contribution in [0.15, 0.2) is 36.4 Å². The third-order valence-electron chi connectivity index (χ3n) is 4.97. The second-order valence-electron chi connectivity index (χ2n) is 8.55. The van der Waals surface area contributed by atoms with Gasteiger partial charge in [-0.2, -0.15) is 0 Å². The summed E-state index contributed by atoms with van der Waals surface area (Å²) in [5, 5.41) is 0. The molecule has 0 amide bonds. The average molecular weight is 405 g/mol. The van der Waals surface area contributed by atoms with Crippen LogP contribution in [0.5, 0.6) is 11.5 Å². The molecular weight excluding hydrogens is 370 g/mol. The smallest absolute Gasteiger partial charge is 0.414 e. The van der Waals surface area contributed by atoms with Gasteiger partial charge in [0.15, 0.2) is 0 Å². The van der Waals surface area contributed by atoms with E-state index in [-0.39, 0.29) is 23.7 Å². The molecule has 2 aromatic rings. The molecule has 2 nitrogen and oxygen atoms in total. The molecule has 28 heavy (non-hydrogen) atoms. The van der Waals surface area contributed by atoms with Gasteiger partial charge in [0.2, 0.25) is 0 Å². The Morgan fingerprint density at radius 1 is 0.571 bits per heavy atom. The summed E-state index contributed by atoms with van der Waals surface area (Å²) < 4.78 is 26.9. The first kappa shape index (κ1) is 22.7. The zero-order chi connectivity index (χ0) is 21.0. The van der Waals surface area contributed by atoms with Gasteiger partial charge in [-0.3, -0.25) is 0 Å². The van der Waals surface area contributed by atoms with Gasteiger partial charge in [-0.25, -0.2) is 0 Å². The van der Waals surface area contributed by atoms with Crippen LogP contribution >= 0.6 is 8.69 Å². The van der Waals surface area contributed by atoms with E-state index < -0.39 is 8.69 Å². The van der Waals surface area contributed by atoms with E-state index in [1.54, 1.807) is 0 Å². The predicted molar refractivity (Wildman–Crippen MR) is 119 cm³/mol. The Bertz CT molecular complexity index is 666. The molecule has 0 aliphatic carbocycles. The van der Waals surface area contributed by atoms with Gasteiger partial charge < -0.3 is 9.05 Å². The summed E-state index contributed by atoms with van der Waals surface area (Å²) in [5.41, 5.74) is 4.06. The molecule has 0 aromatic heterocycles. The minimum absolute atomic E-state index is 0.242. The van der Waals surface area contributed by atoms with Crippen molar-refractivity contribution in [1.82, 2.24) is 0 Å². The number of rotatable bonds is 8. The van der Waals surface area contributed by atoms with E-state index in [2.05, 4.69) is 55.4 Å². The highest BCUT2D eigenvalue weighted by Gasteiger charge is 2.25. The molecule has 0 unspecified atom stereocenters. The summed E-state index contributed by atoms with van der Waals surface area (Å²) >= 11 is 0. The highest BCUT2D eigenvalue weighted by atomic mass is 31.2. The van der Waals surface area contributed by atoms with Gasteiger partial charge in [-0.05, 0) is 45.9 Å². The van der Waals surface area contributed by atoms with Crippen LogP contribution < -0.4 is 9.05 Å². The summed E-state index contributed by atoms with van der Waals surface area (Å²) in [6.07, 6.45) is 0. The van der Waals surface area contributed by atoms with E-state index >= 15 is 4.20 Å². The van der Waals surface area contributed by atoms with E-state index in [1.165, 1.54) is 0 Å². The Morgan fingerprint density at radius 2 is 0.821 bits per heavy atom. The van der Waals surface area contributed by atoms with Gasteiger partial charge >= 0.3 is 8.69 Å². The summed E-state index contributed by atoms with van der Waals surface area (Å²) in [6, 6.07) is 12.1. The lowest BCUT2D eigenvalue weighted by Gasteiger charge is -2.23. The fraction of sp³-hybridized carbons (Fsp3) is 0.500. The Balaban J connectivity index is 2.40. The van der Waals surface area contributed by atoms with Gasteiger partial charge in [0, 0.05) is 0 Å². The molecule has 4 heteroatoms. The van der Waals surface area contributed by atoms with Crippen molar-refractivity contribution >= 4 is 8.69 Å². The number of benzene rings is 2. The van der Waals surface area contributed by atoms with E-state index in [1.807, 2.05) is 36.4 Å². The first-order valence-corrected chi connectivity index (χ1v) is 11.3. The zero-order valence-electron chi connectivity index (χ0n) is 18.4. The maximum Gasteiger partial charge on any atom is 0.505 e. The monoisotopic (exact) mass is 404 g/mol. The lowest BCUT2D eigenvalue weighted by Crippen LogP contribution is -2.04. The SMILES string of the molecule is CC(C)c1cccc(C(C)C)c1OP(F)Oc1c(C(C)C)cccc1C(C)C. The first-order chi connectivity index (χ1) is 13.1. The van der Waals surface area contributed by atoms with E-state index in [9.17, 15) is 0 Å². The van der Waals surface area contributed by atoms with Crippen LogP contribution in [0.25, 0.3) is 0 Å². The Hall–Kier alpha value is -1.60. The van der Waals surface area contributed by atoms with Crippen molar-refractivity contribution in [2.24, 2.45) is 0 Å². The molecule has 2 aromatic carbocycles. The van der Waals surface area contributed by atoms with E-state index in [4.69, 9.17) is 9.05 Å². The normalized spacial score (nSPS) is 11.9. The molecule has 0 atom stereocenters. The lowest BCUT2D eigenvalue weighted by molar-refractivity contribution is 0.424. The number of hydrogen-bond donors (Lipinski definition) is 0. The summed E-state index contributed by atoms with van der Waals surface area (Å²) in [6.45, 7) is 16.8. The van der Waals surface area contributed by atoms with Crippen LogP contribution in [0.3, 0.4) is 0 Å². The molecule has 0 aliphatic rings. The number of para-hydroxylation sites is 2. The van der Waals surface area contributed by atoms with Crippen LogP contribution in [-0.2, 0) is 0 Å². The minimum Gasteiger partial charge on any atom is -0.414 e. The molecule has 0 saturated heterocycles. The molecule has 0 aliphatic heterocycles. The Labute approximate surface area is 171 Å². The molecule has 0 bridgehead atoms. The number of halogens is 1. The highest BCUT2D eigenvalue weighted by molar-refractivity contribution is 7.42. The van der Waals surface area contributed by atoms with E-state index in [0.29, 0.717) is 11.5 Å². The second kappa shape index (κ2) is 9.74. The maximum absolute atomic E-state index is 15.2. The third kappa shape index (κ3) is 5.26. The second-order valence-corrected chi connectivity index (χ2v) is 9.34. The number of hydrogen-bond acceptors (Lipinski definition) is 2. The maximum atomic E-state index is 15.2. The van der Waals surface area contributed by atoms with Crippen LogP contribution in [0.4, 0.5) is 4.20 Å². The molecule has 2 rings (SSSR count). The van der Waals surface area contributed by atoms with Gasteiger partial charge in [0.25, 0.3) is 0 Å². The highest BCUT2D eigenvalue weighted by Crippen LogP contribution is 2.49. The van der Waals surface area contributed by atoms with Crippen LogP contribution in [0.2, 0.25) is 0 Å². The van der Waals surface area contributed by atoms with Crippen molar-refractivity contribution < 1.29 is 13.2 Å². The predicted octanol–water partition coefficient (Wildman–Crippen LogP) is 8.83. The molecule has 0 fully saturated rings. The topological polar surface area (TPSA) is 18.5 Å². The minimum atomic E-state index is -2.60. The van der Waals surface area contributed by atoms with Gasteiger partial charge in [0.1, 0.15) is 11.5 Å². The molecule has 154 valence electrons. The van der Waals surface area contributed by atoms with Crippen molar-refractivity contribution in [2.45, 2.75) is 79.1 Å². The summed E-state index contributed by atoms with van der Waals surface area (Å²) in [5.74, 6) is 2.23. The molecule has 0 N–H and O–H groups in total. The van der Waals surface area contributed by atoms with Gasteiger partial charge in [-0.15, -0.1) is 4.20 Å². The molecule has 0 saturated carbocycles. The molecule has 0 heterocycles. The standard InChI is InChI=1S/C24H34FO2P/c1-15(2)19-11-9-12-20(16(3)4)23(19)26-28(25)27-24-21(17(5)6)13-10-14-22(24)18(7)8/h9-18H,1-8H3. The summed E-state index contributed by atoms with van der Waals surface area (Å²) in [7, 11) is -2.60. The van der Waals surface area contributed by atoms with Gasteiger partial charge in [-0.1, -0.05) is 91.8 Å². The van der Waals surface area contributed by atoms with Crippen molar-refractivity contribution in [3.8, 4) is 11.5 Å². The summed E-state index contributed by atoms with van der Waals surface area (Å²) in [4.78, 5) is 0. The largest absolute Gasteiger partial charge is 0.505 e. The van der Waals surface area contributed by atoms with Gasteiger partial charge in [0.05, 0.1) is 0 Å². The van der Waals surface area contributed by atoms with Crippen molar-refractivity contribution in [3.05, 3.63) is 58.7 Å². The Morgan fingerprint density at radius 3 is 1.04 bits per heavy atom. The van der Waals surface area contributed by atoms with Crippen molar-refractivity contribution in [2.75, 3.05) is 0 Å². The van der Waals surface area contributed by atoms with Crippen molar-refractivity contribution in [3.63, 3.8) is 0 Å². The van der Waals surface area contributed by atoms with Crippen molar-refractivity contribution in [1.29, 1.82) is 0 Å². The van der Waals surface area contributed by atoms with Crippen LogP contribution in [-0.4, -0.2) is 0 Å².